The van der Waals surface area contributed by atoms with Gasteiger partial charge in [-0.25, -0.2) is 0 Å². The molecule has 90 valence electrons. The summed E-state index contributed by atoms with van der Waals surface area (Å²) in [5, 5.41) is 2.82. The zero-order valence-corrected chi connectivity index (χ0v) is 10.3. The molecule has 0 aromatic rings. The fourth-order valence-corrected chi connectivity index (χ4v) is 1.17. The van der Waals surface area contributed by atoms with Crippen molar-refractivity contribution in [2.75, 3.05) is 13.7 Å². The van der Waals surface area contributed by atoms with E-state index in [9.17, 15) is 4.79 Å². The van der Waals surface area contributed by atoms with Crippen LogP contribution in [0.5, 0.6) is 0 Å². The Balaban J connectivity index is 3.75. The van der Waals surface area contributed by atoms with Crippen molar-refractivity contribution in [1.82, 2.24) is 5.32 Å². The standard InChI is InChI=1S/C11H24N2O2/c1-5-6-9(12)7-10(14)13-8-11(2,3)15-4/h9H,5-8,12H2,1-4H3,(H,13,14). The average Bonchev–Trinajstić information content (AvgIpc) is 2.15. The molecule has 3 N–H and O–H groups in total. The molecule has 1 amide bonds. The predicted octanol–water partition coefficient (Wildman–Crippen LogP) is 1.05. The van der Waals surface area contributed by atoms with Gasteiger partial charge in [0.1, 0.15) is 0 Å². The molecule has 0 heterocycles. The van der Waals surface area contributed by atoms with E-state index >= 15 is 0 Å². The van der Waals surface area contributed by atoms with E-state index in [1.165, 1.54) is 0 Å². The van der Waals surface area contributed by atoms with Crippen molar-refractivity contribution in [2.24, 2.45) is 5.73 Å². The van der Waals surface area contributed by atoms with Gasteiger partial charge in [0.25, 0.3) is 0 Å². The fraction of sp³-hybridized carbons (Fsp3) is 0.909. The maximum Gasteiger partial charge on any atom is 0.221 e. The summed E-state index contributed by atoms with van der Waals surface area (Å²) in [7, 11) is 1.63. The molecule has 15 heavy (non-hydrogen) atoms. The number of carbonyl (C=O) groups excluding carboxylic acids is 1. The number of amides is 1. The summed E-state index contributed by atoms with van der Waals surface area (Å²) in [4.78, 5) is 11.4. The van der Waals surface area contributed by atoms with Gasteiger partial charge in [-0.05, 0) is 20.3 Å². The molecule has 0 fully saturated rings. The van der Waals surface area contributed by atoms with Crippen molar-refractivity contribution >= 4 is 5.91 Å². The number of nitrogens with one attached hydrogen (secondary N) is 1. The first-order valence-electron chi connectivity index (χ1n) is 5.48. The Morgan fingerprint density at radius 2 is 2.13 bits per heavy atom. The minimum Gasteiger partial charge on any atom is -0.377 e. The van der Waals surface area contributed by atoms with Crippen LogP contribution in [0.25, 0.3) is 0 Å². The highest BCUT2D eigenvalue weighted by Gasteiger charge is 2.17. The van der Waals surface area contributed by atoms with Crippen LogP contribution < -0.4 is 11.1 Å². The van der Waals surface area contributed by atoms with Crippen LogP contribution >= 0.6 is 0 Å². The lowest BCUT2D eigenvalue weighted by atomic mass is 10.1. The molecule has 1 unspecified atom stereocenters. The minimum atomic E-state index is -0.315. The van der Waals surface area contributed by atoms with E-state index in [0.29, 0.717) is 13.0 Å². The molecule has 1 atom stereocenters. The van der Waals surface area contributed by atoms with E-state index in [1.54, 1.807) is 7.11 Å². The molecule has 0 aliphatic heterocycles. The highest BCUT2D eigenvalue weighted by molar-refractivity contribution is 5.76. The molecule has 0 aromatic carbocycles. The third kappa shape index (κ3) is 7.33. The number of hydrogen-bond donors (Lipinski definition) is 2. The summed E-state index contributed by atoms with van der Waals surface area (Å²) >= 11 is 0. The van der Waals surface area contributed by atoms with Crippen LogP contribution in [-0.2, 0) is 9.53 Å². The second-order valence-corrected chi connectivity index (χ2v) is 4.49. The summed E-state index contributed by atoms with van der Waals surface area (Å²) in [5.74, 6) is 0.000995. The van der Waals surface area contributed by atoms with Crippen molar-refractivity contribution in [3.05, 3.63) is 0 Å². The highest BCUT2D eigenvalue weighted by Crippen LogP contribution is 2.05. The Kier molecular flexibility index (Phi) is 6.52. The summed E-state index contributed by atoms with van der Waals surface area (Å²) in [6, 6.07) is -0.0272. The molecule has 4 nitrogen and oxygen atoms in total. The van der Waals surface area contributed by atoms with Crippen molar-refractivity contribution < 1.29 is 9.53 Å². The Morgan fingerprint density at radius 3 is 2.60 bits per heavy atom. The van der Waals surface area contributed by atoms with Gasteiger partial charge >= 0.3 is 0 Å². The Hall–Kier alpha value is -0.610. The number of ether oxygens (including phenoxy) is 1. The topological polar surface area (TPSA) is 64.4 Å². The number of carbonyl (C=O) groups is 1. The second-order valence-electron chi connectivity index (χ2n) is 4.49. The molecule has 0 radical (unpaired) electrons. The smallest absolute Gasteiger partial charge is 0.221 e. The summed E-state index contributed by atoms with van der Waals surface area (Å²) in [6.45, 7) is 6.44. The van der Waals surface area contributed by atoms with Gasteiger partial charge in [-0.3, -0.25) is 4.79 Å². The normalized spacial score (nSPS) is 13.7. The van der Waals surface area contributed by atoms with Gasteiger partial charge in [0.2, 0.25) is 5.91 Å². The van der Waals surface area contributed by atoms with Gasteiger partial charge in [-0.1, -0.05) is 13.3 Å². The predicted molar refractivity (Wildman–Crippen MR) is 61.6 cm³/mol. The number of hydrogen-bond acceptors (Lipinski definition) is 3. The van der Waals surface area contributed by atoms with Gasteiger partial charge in [-0.15, -0.1) is 0 Å². The molecular formula is C11H24N2O2. The third-order valence-corrected chi connectivity index (χ3v) is 2.37. The van der Waals surface area contributed by atoms with E-state index < -0.39 is 0 Å². The molecule has 0 saturated carbocycles. The lowest BCUT2D eigenvalue weighted by Crippen LogP contribution is -2.41. The van der Waals surface area contributed by atoms with Crippen molar-refractivity contribution in [1.29, 1.82) is 0 Å². The molecule has 0 saturated heterocycles. The van der Waals surface area contributed by atoms with E-state index in [1.807, 2.05) is 13.8 Å². The SMILES string of the molecule is CCCC(N)CC(=O)NCC(C)(C)OC. The number of methoxy groups -OCH3 is 1. The lowest BCUT2D eigenvalue weighted by Gasteiger charge is -2.23. The summed E-state index contributed by atoms with van der Waals surface area (Å²) in [5.41, 5.74) is 5.45. The minimum absolute atomic E-state index is 0.000995. The average molecular weight is 216 g/mol. The number of rotatable bonds is 7. The van der Waals surface area contributed by atoms with Crippen molar-refractivity contribution in [3.8, 4) is 0 Å². The first kappa shape index (κ1) is 14.4. The van der Waals surface area contributed by atoms with Gasteiger partial charge in [0, 0.05) is 26.1 Å². The molecule has 0 aromatic heterocycles. The maximum atomic E-state index is 11.4. The van der Waals surface area contributed by atoms with Crippen LogP contribution in [0.2, 0.25) is 0 Å². The largest absolute Gasteiger partial charge is 0.377 e. The third-order valence-electron chi connectivity index (χ3n) is 2.37. The van der Waals surface area contributed by atoms with Crippen LogP contribution in [0.1, 0.15) is 40.0 Å². The number of nitrogens with two attached hydrogens (primary N) is 1. The molecule has 0 aliphatic rings. The molecule has 0 rings (SSSR count). The van der Waals surface area contributed by atoms with Crippen LogP contribution in [0.3, 0.4) is 0 Å². The zero-order valence-electron chi connectivity index (χ0n) is 10.3. The van der Waals surface area contributed by atoms with Crippen molar-refractivity contribution in [2.45, 2.75) is 51.7 Å². The quantitative estimate of drug-likeness (QED) is 0.668. The maximum absolute atomic E-state index is 11.4. The monoisotopic (exact) mass is 216 g/mol. The zero-order chi connectivity index (χ0) is 11.9. The van der Waals surface area contributed by atoms with E-state index in [4.69, 9.17) is 10.5 Å². The molecular weight excluding hydrogens is 192 g/mol. The second kappa shape index (κ2) is 6.80. The molecule has 4 heteroatoms. The van der Waals surface area contributed by atoms with Gasteiger partial charge in [0.05, 0.1) is 5.60 Å². The Bertz CT molecular complexity index is 193. The van der Waals surface area contributed by atoms with Crippen LogP contribution in [-0.4, -0.2) is 31.2 Å². The Morgan fingerprint density at radius 1 is 1.53 bits per heavy atom. The first-order valence-corrected chi connectivity index (χ1v) is 5.48. The molecule has 0 spiro atoms. The lowest BCUT2D eigenvalue weighted by molar-refractivity contribution is -0.122. The highest BCUT2D eigenvalue weighted by atomic mass is 16.5. The van der Waals surface area contributed by atoms with Crippen molar-refractivity contribution in [3.63, 3.8) is 0 Å². The van der Waals surface area contributed by atoms with Gasteiger partial charge in [-0.2, -0.15) is 0 Å². The van der Waals surface area contributed by atoms with Crippen LogP contribution in [0.4, 0.5) is 0 Å². The van der Waals surface area contributed by atoms with E-state index in [-0.39, 0.29) is 17.6 Å². The van der Waals surface area contributed by atoms with Gasteiger partial charge in [0.15, 0.2) is 0 Å². The fourth-order valence-electron chi connectivity index (χ4n) is 1.17. The summed E-state index contributed by atoms with van der Waals surface area (Å²) in [6.07, 6.45) is 2.30. The molecule has 0 bridgehead atoms. The van der Waals surface area contributed by atoms with Crippen LogP contribution in [0.15, 0.2) is 0 Å². The van der Waals surface area contributed by atoms with Gasteiger partial charge < -0.3 is 15.8 Å². The van der Waals surface area contributed by atoms with E-state index in [2.05, 4.69) is 12.2 Å². The molecule has 0 aliphatic carbocycles. The first-order chi connectivity index (χ1) is 6.91. The van der Waals surface area contributed by atoms with Crippen LogP contribution in [0, 0.1) is 0 Å². The Labute approximate surface area is 92.6 Å². The van der Waals surface area contributed by atoms with E-state index in [0.717, 1.165) is 12.8 Å². The summed E-state index contributed by atoms with van der Waals surface area (Å²) < 4.78 is 5.19.